The Balaban J connectivity index is 3.77. The largest absolute Gasteiger partial charge is 0.480 e. The summed E-state index contributed by atoms with van der Waals surface area (Å²) < 4.78 is 0. The van der Waals surface area contributed by atoms with E-state index in [1.807, 2.05) is 0 Å². The number of hydrogen-bond acceptors (Lipinski definition) is 4. The van der Waals surface area contributed by atoms with Crippen LogP contribution in [0.25, 0.3) is 0 Å². The molecular formula is C10H20N2O4. The van der Waals surface area contributed by atoms with Crippen molar-refractivity contribution < 1.29 is 19.8 Å². The molecule has 0 aliphatic heterocycles. The molecule has 0 radical (unpaired) electrons. The summed E-state index contributed by atoms with van der Waals surface area (Å²) >= 11 is 0. The highest BCUT2D eigenvalue weighted by molar-refractivity contribution is 5.83. The molecule has 0 fully saturated rings. The minimum Gasteiger partial charge on any atom is -0.480 e. The first-order valence-corrected chi connectivity index (χ1v) is 5.45. The number of carbonyl (C=O) groups excluding carboxylic acids is 1. The average molecular weight is 232 g/mol. The van der Waals surface area contributed by atoms with Crippen LogP contribution >= 0.6 is 0 Å². The lowest BCUT2D eigenvalue weighted by Crippen LogP contribution is -2.41. The Labute approximate surface area is 94.8 Å². The number of aliphatic hydroxyl groups is 1. The van der Waals surface area contributed by atoms with Gasteiger partial charge in [0.15, 0.2) is 0 Å². The number of hydrogen-bond donors (Lipinski definition) is 4. The molecule has 0 aromatic heterocycles. The first-order valence-electron chi connectivity index (χ1n) is 5.45. The molecule has 0 rings (SSSR count). The van der Waals surface area contributed by atoms with Gasteiger partial charge >= 0.3 is 5.97 Å². The zero-order valence-corrected chi connectivity index (χ0v) is 9.32. The summed E-state index contributed by atoms with van der Waals surface area (Å²) in [5.41, 5.74) is 5.30. The molecule has 0 unspecified atom stereocenters. The molecule has 16 heavy (non-hydrogen) atoms. The summed E-state index contributed by atoms with van der Waals surface area (Å²) in [7, 11) is 0. The maximum Gasteiger partial charge on any atom is 0.326 e. The van der Waals surface area contributed by atoms with Gasteiger partial charge in [0.2, 0.25) is 5.91 Å². The van der Waals surface area contributed by atoms with Crippen LogP contribution < -0.4 is 11.1 Å². The summed E-state index contributed by atoms with van der Waals surface area (Å²) in [5, 5.41) is 19.7. The lowest BCUT2D eigenvalue weighted by Gasteiger charge is -2.12. The Morgan fingerprint density at radius 3 is 2.44 bits per heavy atom. The van der Waals surface area contributed by atoms with E-state index in [0.717, 1.165) is 12.8 Å². The number of aliphatic hydroxyl groups excluding tert-OH is 1. The summed E-state index contributed by atoms with van der Waals surface area (Å²) in [4.78, 5) is 22.0. The van der Waals surface area contributed by atoms with E-state index >= 15 is 0 Å². The summed E-state index contributed by atoms with van der Waals surface area (Å²) in [5.74, 6) is -1.41. The van der Waals surface area contributed by atoms with Gasteiger partial charge in [0.1, 0.15) is 6.04 Å². The Hall–Kier alpha value is -1.14. The van der Waals surface area contributed by atoms with Crippen molar-refractivity contribution in [3.05, 3.63) is 0 Å². The monoisotopic (exact) mass is 232 g/mol. The van der Waals surface area contributed by atoms with E-state index in [-0.39, 0.29) is 18.9 Å². The standard InChI is InChI=1S/C10H20N2O4/c11-6-3-1-2-4-9(14)12-8(5-7-13)10(15)16/h8,13H,1-7,11H2,(H,12,14)(H,15,16)/t8-/m0/s1. The number of aliphatic carboxylic acids is 1. The van der Waals surface area contributed by atoms with Crippen molar-refractivity contribution in [1.82, 2.24) is 5.32 Å². The van der Waals surface area contributed by atoms with E-state index in [4.69, 9.17) is 15.9 Å². The molecule has 1 atom stereocenters. The van der Waals surface area contributed by atoms with Gasteiger partial charge < -0.3 is 21.3 Å². The predicted molar refractivity (Wildman–Crippen MR) is 58.8 cm³/mol. The third kappa shape index (κ3) is 7.19. The van der Waals surface area contributed by atoms with Gasteiger partial charge in [-0.05, 0) is 19.4 Å². The Bertz CT molecular complexity index is 221. The molecule has 0 heterocycles. The van der Waals surface area contributed by atoms with Gasteiger partial charge in [-0.1, -0.05) is 6.42 Å². The van der Waals surface area contributed by atoms with Gasteiger partial charge in [0, 0.05) is 19.4 Å². The lowest BCUT2D eigenvalue weighted by atomic mass is 10.1. The van der Waals surface area contributed by atoms with E-state index in [9.17, 15) is 9.59 Å². The smallest absolute Gasteiger partial charge is 0.326 e. The van der Waals surface area contributed by atoms with Crippen LogP contribution in [0.4, 0.5) is 0 Å². The number of carboxylic acid groups (broad SMARTS) is 1. The van der Waals surface area contributed by atoms with E-state index in [2.05, 4.69) is 5.32 Å². The zero-order chi connectivity index (χ0) is 12.4. The molecule has 0 bridgehead atoms. The van der Waals surface area contributed by atoms with Crippen LogP contribution in [0, 0.1) is 0 Å². The number of nitrogens with two attached hydrogens (primary N) is 1. The molecule has 0 aliphatic rings. The highest BCUT2D eigenvalue weighted by atomic mass is 16.4. The van der Waals surface area contributed by atoms with E-state index in [0.29, 0.717) is 19.4 Å². The minimum absolute atomic E-state index is 0.0316. The van der Waals surface area contributed by atoms with Crippen molar-refractivity contribution >= 4 is 11.9 Å². The first-order chi connectivity index (χ1) is 7.61. The maximum absolute atomic E-state index is 11.3. The fraction of sp³-hybridized carbons (Fsp3) is 0.800. The molecule has 94 valence electrons. The number of nitrogens with one attached hydrogen (secondary N) is 1. The highest BCUT2D eigenvalue weighted by Gasteiger charge is 2.18. The second-order valence-electron chi connectivity index (χ2n) is 3.57. The van der Waals surface area contributed by atoms with Gasteiger partial charge in [-0.3, -0.25) is 4.79 Å². The van der Waals surface area contributed by atoms with Crippen LogP contribution in [0.15, 0.2) is 0 Å². The number of unbranched alkanes of at least 4 members (excludes halogenated alkanes) is 2. The van der Waals surface area contributed by atoms with Crippen LogP contribution in [-0.2, 0) is 9.59 Å². The SMILES string of the molecule is NCCCCCC(=O)N[C@@H](CCO)C(=O)O. The fourth-order valence-electron chi connectivity index (χ4n) is 1.26. The Kier molecular flexibility index (Phi) is 8.46. The molecule has 0 saturated carbocycles. The molecule has 6 nitrogen and oxygen atoms in total. The summed E-state index contributed by atoms with van der Waals surface area (Å²) in [6.45, 7) is 0.342. The van der Waals surface area contributed by atoms with Crippen molar-refractivity contribution in [2.24, 2.45) is 5.73 Å². The van der Waals surface area contributed by atoms with Gasteiger partial charge in [0.25, 0.3) is 0 Å². The van der Waals surface area contributed by atoms with Gasteiger partial charge in [0.05, 0.1) is 0 Å². The maximum atomic E-state index is 11.3. The zero-order valence-electron chi connectivity index (χ0n) is 9.32. The van der Waals surface area contributed by atoms with Gasteiger partial charge in [-0.15, -0.1) is 0 Å². The first kappa shape index (κ1) is 14.9. The number of carboxylic acids is 1. The van der Waals surface area contributed by atoms with Crippen LogP contribution in [0.1, 0.15) is 32.1 Å². The van der Waals surface area contributed by atoms with Crippen LogP contribution in [0.5, 0.6) is 0 Å². The second kappa shape index (κ2) is 9.11. The molecule has 5 N–H and O–H groups in total. The highest BCUT2D eigenvalue weighted by Crippen LogP contribution is 2.00. The molecule has 0 aromatic rings. The lowest BCUT2D eigenvalue weighted by molar-refractivity contribution is -0.142. The molecule has 0 aliphatic carbocycles. The molecule has 1 amide bonds. The molecule has 6 heteroatoms. The van der Waals surface area contributed by atoms with Crippen molar-refractivity contribution in [3.8, 4) is 0 Å². The van der Waals surface area contributed by atoms with Crippen LogP contribution in [0.3, 0.4) is 0 Å². The summed E-state index contributed by atoms with van der Waals surface area (Å²) in [6, 6.07) is -0.994. The van der Waals surface area contributed by atoms with E-state index in [1.165, 1.54) is 0 Å². The topological polar surface area (TPSA) is 113 Å². The quantitative estimate of drug-likeness (QED) is 0.399. The molecular weight excluding hydrogens is 212 g/mol. The van der Waals surface area contributed by atoms with Crippen molar-refractivity contribution in [2.75, 3.05) is 13.2 Å². The molecule has 0 saturated heterocycles. The van der Waals surface area contributed by atoms with E-state index < -0.39 is 12.0 Å². The van der Waals surface area contributed by atoms with Crippen LogP contribution in [0.2, 0.25) is 0 Å². The summed E-state index contributed by atoms with van der Waals surface area (Å²) in [6.07, 6.45) is 2.77. The normalized spacial score (nSPS) is 12.1. The third-order valence-electron chi connectivity index (χ3n) is 2.16. The van der Waals surface area contributed by atoms with Crippen molar-refractivity contribution in [3.63, 3.8) is 0 Å². The van der Waals surface area contributed by atoms with Crippen molar-refractivity contribution in [2.45, 2.75) is 38.1 Å². The molecule has 0 spiro atoms. The second-order valence-corrected chi connectivity index (χ2v) is 3.57. The minimum atomic E-state index is -1.12. The number of carbonyl (C=O) groups is 2. The third-order valence-corrected chi connectivity index (χ3v) is 2.16. The van der Waals surface area contributed by atoms with E-state index in [1.54, 1.807) is 0 Å². The average Bonchev–Trinajstić information content (AvgIpc) is 2.23. The van der Waals surface area contributed by atoms with Crippen LogP contribution in [-0.4, -0.2) is 41.3 Å². The Morgan fingerprint density at radius 2 is 1.94 bits per heavy atom. The molecule has 0 aromatic carbocycles. The Morgan fingerprint density at radius 1 is 1.25 bits per heavy atom. The number of amides is 1. The van der Waals surface area contributed by atoms with Gasteiger partial charge in [-0.2, -0.15) is 0 Å². The van der Waals surface area contributed by atoms with Crippen molar-refractivity contribution in [1.29, 1.82) is 0 Å². The fourth-order valence-corrected chi connectivity index (χ4v) is 1.26. The number of rotatable bonds is 9. The predicted octanol–water partition coefficient (Wildman–Crippen LogP) is -0.543. The van der Waals surface area contributed by atoms with Gasteiger partial charge in [-0.25, -0.2) is 4.79 Å².